The Hall–Kier alpha value is -3.62. The molecule has 2 aromatic heterocycles. The van der Waals surface area contributed by atoms with E-state index in [0.29, 0.717) is 53.3 Å². The number of nitrogens with zero attached hydrogens (tertiary/aromatic N) is 4. The number of benzene rings is 2. The zero-order chi connectivity index (χ0) is 32.4. The van der Waals surface area contributed by atoms with Crippen LogP contribution in [0.1, 0.15) is 54.7 Å². The molecule has 242 valence electrons. The van der Waals surface area contributed by atoms with Crippen molar-refractivity contribution in [2.75, 3.05) is 26.2 Å². The lowest BCUT2D eigenvalue weighted by Gasteiger charge is -2.31. The zero-order valence-electron chi connectivity index (χ0n) is 25.1. The molecule has 0 atom stereocenters. The van der Waals surface area contributed by atoms with Crippen molar-refractivity contribution in [3.05, 3.63) is 71.3 Å². The Morgan fingerprint density at radius 2 is 1.82 bits per heavy atom. The molecular weight excluding hydrogens is 612 g/mol. The lowest BCUT2D eigenvalue weighted by molar-refractivity contribution is -0.137. The number of rotatable bonds is 12. The number of likely N-dealkylation sites (tertiary alicyclic amines) is 1. The number of hydrogen-bond acceptors (Lipinski definition) is 6. The van der Waals surface area contributed by atoms with E-state index in [1.54, 1.807) is 16.9 Å². The van der Waals surface area contributed by atoms with Gasteiger partial charge in [-0.2, -0.15) is 13.2 Å². The molecule has 9 nitrogen and oxygen atoms in total. The first kappa shape index (κ1) is 32.8. The van der Waals surface area contributed by atoms with Crippen molar-refractivity contribution in [3.63, 3.8) is 0 Å². The van der Waals surface area contributed by atoms with E-state index < -0.39 is 33.3 Å². The number of sulfonamides is 1. The molecule has 1 aliphatic heterocycles. The Labute approximate surface area is 259 Å². The Kier molecular flexibility index (Phi) is 9.75. The minimum Gasteiger partial charge on any atom is -0.352 e. The van der Waals surface area contributed by atoms with E-state index >= 15 is 0 Å². The summed E-state index contributed by atoms with van der Waals surface area (Å²) in [4.78, 5) is 18.4. The summed E-state index contributed by atoms with van der Waals surface area (Å²) in [6.07, 6.45) is -0.610. The maximum absolute atomic E-state index is 14.2. The third-order valence-electron chi connectivity index (χ3n) is 7.97. The Morgan fingerprint density at radius 1 is 1.11 bits per heavy atom. The fraction of sp³-hybridized carbons (Fsp3) is 0.452. The first-order valence-corrected chi connectivity index (χ1v) is 16.5. The Morgan fingerprint density at radius 3 is 2.49 bits per heavy atom. The van der Waals surface area contributed by atoms with Crippen LogP contribution in [0.25, 0.3) is 22.2 Å². The summed E-state index contributed by atoms with van der Waals surface area (Å²) in [5.41, 5.74) is 1.57. The lowest BCUT2D eigenvalue weighted by Crippen LogP contribution is -2.40. The van der Waals surface area contributed by atoms with Crippen LogP contribution in [0.5, 0.6) is 0 Å². The van der Waals surface area contributed by atoms with E-state index in [2.05, 4.69) is 24.9 Å². The van der Waals surface area contributed by atoms with E-state index in [1.165, 1.54) is 24.3 Å². The summed E-state index contributed by atoms with van der Waals surface area (Å²) in [7, 11) is -3.70. The quantitative estimate of drug-likeness (QED) is 0.152. The SMILES string of the molecule is CC(C)CC(=O)c1[nH]c2ccc(F)cc2c1-c1cn(CC2CCN(CCNS(=O)(=O)Cc3ccc(C(F)(F)F)cc3)CC2)nn1. The van der Waals surface area contributed by atoms with Crippen LogP contribution in [0.2, 0.25) is 0 Å². The highest BCUT2D eigenvalue weighted by atomic mass is 32.2. The van der Waals surface area contributed by atoms with Gasteiger partial charge in [0.1, 0.15) is 11.5 Å². The zero-order valence-corrected chi connectivity index (χ0v) is 25.9. The van der Waals surface area contributed by atoms with Crippen molar-refractivity contribution in [2.24, 2.45) is 11.8 Å². The number of hydrogen-bond donors (Lipinski definition) is 2. The van der Waals surface area contributed by atoms with Gasteiger partial charge >= 0.3 is 6.18 Å². The number of carbonyl (C=O) groups is 1. The van der Waals surface area contributed by atoms with Gasteiger partial charge < -0.3 is 9.88 Å². The van der Waals surface area contributed by atoms with E-state index in [4.69, 9.17) is 0 Å². The van der Waals surface area contributed by atoms with Gasteiger partial charge in [0.25, 0.3) is 0 Å². The molecular formula is C31H36F4N6O3S. The van der Waals surface area contributed by atoms with E-state index in [-0.39, 0.29) is 23.8 Å². The summed E-state index contributed by atoms with van der Waals surface area (Å²) < 4.78 is 81.6. The molecule has 0 aliphatic carbocycles. The molecule has 3 heterocycles. The van der Waals surface area contributed by atoms with Gasteiger partial charge in [0, 0.05) is 42.5 Å². The van der Waals surface area contributed by atoms with Gasteiger partial charge in [0.15, 0.2) is 5.78 Å². The van der Waals surface area contributed by atoms with Crippen LogP contribution < -0.4 is 4.72 Å². The smallest absolute Gasteiger partial charge is 0.352 e. The number of H-pyrrole nitrogens is 1. The van der Waals surface area contributed by atoms with Crippen molar-refractivity contribution in [1.82, 2.24) is 29.6 Å². The highest BCUT2D eigenvalue weighted by Crippen LogP contribution is 2.33. The van der Waals surface area contributed by atoms with Gasteiger partial charge in [-0.15, -0.1) is 5.10 Å². The Balaban J connectivity index is 1.13. The lowest BCUT2D eigenvalue weighted by atomic mass is 9.97. The summed E-state index contributed by atoms with van der Waals surface area (Å²) in [5.74, 6) is -0.400. The standard InChI is InChI=1S/C31H36F4N6O3S/c1-20(2)15-28(42)30-29(25-16-24(32)7-8-26(25)37-30)27-18-41(39-38-27)17-21-9-12-40(13-10-21)14-11-36-45(43,44)19-22-3-5-23(6-4-22)31(33,34)35/h3-8,16,18,20-21,36-37H,9-15,17,19H2,1-2H3. The van der Waals surface area contributed by atoms with Crippen LogP contribution >= 0.6 is 0 Å². The van der Waals surface area contributed by atoms with E-state index in [1.807, 2.05) is 13.8 Å². The molecule has 45 heavy (non-hydrogen) atoms. The largest absolute Gasteiger partial charge is 0.416 e. The fourth-order valence-corrected chi connectivity index (χ4v) is 6.83. The third kappa shape index (κ3) is 8.35. The van der Waals surface area contributed by atoms with Gasteiger partial charge in [-0.3, -0.25) is 9.48 Å². The van der Waals surface area contributed by atoms with Gasteiger partial charge in [0.05, 0.1) is 23.2 Å². The number of Topliss-reactive ketones (excluding diaryl/α,β-unsaturated/α-hetero) is 1. The number of ketones is 1. The second-order valence-corrected chi connectivity index (χ2v) is 13.9. The van der Waals surface area contributed by atoms with Crippen molar-refractivity contribution >= 4 is 26.7 Å². The monoisotopic (exact) mass is 648 g/mol. The minimum atomic E-state index is -4.47. The number of aromatic amines is 1. The molecule has 14 heteroatoms. The average Bonchev–Trinajstić information content (AvgIpc) is 3.57. The van der Waals surface area contributed by atoms with Gasteiger partial charge in [-0.05, 0) is 73.7 Å². The van der Waals surface area contributed by atoms with Gasteiger partial charge in [0.2, 0.25) is 10.0 Å². The molecule has 1 saturated heterocycles. The molecule has 0 unspecified atom stereocenters. The number of piperidine rings is 1. The van der Waals surface area contributed by atoms with Crippen LogP contribution in [0.15, 0.2) is 48.7 Å². The first-order valence-electron chi connectivity index (χ1n) is 14.9. The minimum absolute atomic E-state index is 0.0691. The summed E-state index contributed by atoms with van der Waals surface area (Å²) in [5, 5.41) is 9.23. The predicted molar refractivity (Wildman–Crippen MR) is 162 cm³/mol. The number of carbonyl (C=O) groups excluding carboxylic acids is 1. The molecule has 0 radical (unpaired) electrons. The number of halogens is 4. The molecule has 5 rings (SSSR count). The van der Waals surface area contributed by atoms with Crippen LogP contribution in [-0.2, 0) is 28.5 Å². The molecule has 4 aromatic rings. The fourth-order valence-electron chi connectivity index (χ4n) is 5.69. The maximum Gasteiger partial charge on any atom is 0.416 e. The number of nitrogens with one attached hydrogen (secondary N) is 2. The van der Waals surface area contributed by atoms with Crippen LogP contribution in [-0.4, -0.2) is 65.3 Å². The van der Waals surface area contributed by atoms with E-state index in [9.17, 15) is 30.8 Å². The van der Waals surface area contributed by atoms with Crippen molar-refractivity contribution < 1.29 is 30.8 Å². The van der Waals surface area contributed by atoms with Gasteiger partial charge in [-0.25, -0.2) is 17.5 Å². The second kappa shape index (κ2) is 13.4. The average molecular weight is 649 g/mol. The number of fused-ring (bicyclic) bond motifs is 1. The third-order valence-corrected chi connectivity index (χ3v) is 9.33. The summed E-state index contributed by atoms with van der Waals surface area (Å²) in [6, 6.07) is 8.48. The predicted octanol–water partition coefficient (Wildman–Crippen LogP) is 5.64. The summed E-state index contributed by atoms with van der Waals surface area (Å²) in [6.45, 7) is 6.79. The highest BCUT2D eigenvalue weighted by molar-refractivity contribution is 7.88. The van der Waals surface area contributed by atoms with Crippen molar-refractivity contribution in [2.45, 2.75) is 51.6 Å². The maximum atomic E-state index is 14.2. The molecule has 2 N–H and O–H groups in total. The molecule has 0 saturated carbocycles. The van der Waals surface area contributed by atoms with Crippen LogP contribution in [0, 0.1) is 17.7 Å². The van der Waals surface area contributed by atoms with Crippen molar-refractivity contribution in [1.29, 1.82) is 0 Å². The molecule has 1 fully saturated rings. The van der Waals surface area contributed by atoms with E-state index in [0.717, 1.165) is 38.1 Å². The number of aromatic nitrogens is 4. The molecule has 0 bridgehead atoms. The normalized spacial score (nSPS) is 15.4. The molecule has 2 aromatic carbocycles. The number of alkyl halides is 3. The topological polar surface area (TPSA) is 113 Å². The summed E-state index contributed by atoms with van der Waals surface area (Å²) >= 11 is 0. The molecule has 1 aliphatic rings. The van der Waals surface area contributed by atoms with Crippen molar-refractivity contribution in [3.8, 4) is 11.3 Å². The first-order chi connectivity index (χ1) is 21.3. The highest BCUT2D eigenvalue weighted by Gasteiger charge is 2.30. The second-order valence-electron chi connectivity index (χ2n) is 12.0. The Bertz CT molecular complexity index is 1740. The molecule has 0 spiro atoms. The molecule has 0 amide bonds. The van der Waals surface area contributed by atoms with Crippen LogP contribution in [0.3, 0.4) is 0 Å². The van der Waals surface area contributed by atoms with Crippen LogP contribution in [0.4, 0.5) is 17.6 Å². The van der Waals surface area contributed by atoms with Gasteiger partial charge in [-0.1, -0.05) is 31.2 Å².